The lowest BCUT2D eigenvalue weighted by atomic mass is 9.84. The molecule has 0 amide bonds. The molecule has 164 valence electrons. The average Bonchev–Trinajstić information content (AvgIpc) is 3.61. The van der Waals surface area contributed by atoms with Crippen molar-refractivity contribution in [3.63, 3.8) is 0 Å². The number of nitrogens with zero attached hydrogens (tertiary/aromatic N) is 1. The van der Waals surface area contributed by atoms with E-state index in [2.05, 4.69) is 71.4 Å². The highest BCUT2D eigenvalue weighted by Crippen LogP contribution is 2.45. The molecule has 0 fully saturated rings. The molecule has 3 aromatic heterocycles. The molecule has 6 rings (SSSR count). The zero-order chi connectivity index (χ0) is 22.9. The Labute approximate surface area is 206 Å². The third-order valence-corrected chi connectivity index (χ3v) is 7.88. The van der Waals surface area contributed by atoms with E-state index in [1.807, 2.05) is 36.4 Å². The predicted molar refractivity (Wildman–Crippen MR) is 144 cm³/mol. The number of benzene rings is 3. The predicted octanol–water partition coefficient (Wildman–Crippen LogP) is 8.58. The summed E-state index contributed by atoms with van der Waals surface area (Å²) in [5.74, 6) is 0.0747. The maximum Gasteiger partial charge on any atom is 0.119 e. The second kappa shape index (κ2) is 8.90. The Morgan fingerprint density at radius 2 is 1.26 bits per heavy atom. The van der Waals surface area contributed by atoms with Gasteiger partial charge in [0.05, 0.1) is 22.2 Å². The molecule has 4 heteroatoms. The fourth-order valence-corrected chi connectivity index (χ4v) is 6.14. The van der Waals surface area contributed by atoms with Crippen LogP contribution in [-0.4, -0.2) is 10.1 Å². The van der Waals surface area contributed by atoms with Crippen LogP contribution in [0.5, 0.6) is 5.75 Å². The summed E-state index contributed by atoms with van der Waals surface area (Å²) >= 11 is 3.44. The van der Waals surface area contributed by atoms with E-state index in [0.29, 0.717) is 0 Å². The maximum absolute atomic E-state index is 10.9. The highest BCUT2D eigenvalue weighted by Gasteiger charge is 2.26. The van der Waals surface area contributed by atoms with Crippen molar-refractivity contribution in [3.8, 4) is 26.8 Å². The summed E-state index contributed by atoms with van der Waals surface area (Å²) in [6.07, 6.45) is 0. The monoisotopic (exact) mass is 475 g/mol. The lowest BCUT2D eigenvalue weighted by Crippen LogP contribution is -2.08. The molecule has 0 aliphatic rings. The van der Waals surface area contributed by atoms with Gasteiger partial charge in [0.25, 0.3) is 0 Å². The van der Waals surface area contributed by atoms with Gasteiger partial charge in [0.1, 0.15) is 5.75 Å². The molecule has 1 unspecified atom stereocenters. The topological polar surface area (TPSA) is 33.1 Å². The highest BCUT2D eigenvalue weighted by atomic mass is 32.1. The minimum absolute atomic E-state index is 0.205. The fourth-order valence-electron chi connectivity index (χ4n) is 4.63. The first-order chi connectivity index (χ1) is 16.8. The summed E-state index contributed by atoms with van der Waals surface area (Å²) in [6.45, 7) is 0. The Morgan fingerprint density at radius 1 is 0.618 bits per heavy atom. The molecule has 0 aliphatic carbocycles. The van der Waals surface area contributed by atoms with Crippen molar-refractivity contribution in [1.82, 2.24) is 4.98 Å². The average molecular weight is 476 g/mol. The van der Waals surface area contributed by atoms with E-state index in [-0.39, 0.29) is 11.7 Å². The first-order valence-electron chi connectivity index (χ1n) is 11.1. The Kier molecular flexibility index (Phi) is 5.46. The Morgan fingerprint density at radius 3 is 1.97 bits per heavy atom. The van der Waals surface area contributed by atoms with Crippen molar-refractivity contribution in [2.45, 2.75) is 5.92 Å². The number of pyridine rings is 1. The van der Waals surface area contributed by atoms with Crippen molar-refractivity contribution in [2.24, 2.45) is 0 Å². The minimum Gasteiger partial charge on any atom is -0.508 e. The van der Waals surface area contributed by atoms with Gasteiger partial charge in [0.2, 0.25) is 0 Å². The van der Waals surface area contributed by atoms with Crippen molar-refractivity contribution < 1.29 is 5.11 Å². The number of para-hydroxylation sites is 1. The van der Waals surface area contributed by atoms with Gasteiger partial charge in [-0.15, -0.1) is 22.7 Å². The molecular weight excluding hydrogens is 454 g/mol. The number of aromatic hydroxyl groups is 1. The number of phenols is 1. The number of fused-ring (bicyclic) bond motifs is 1. The largest absolute Gasteiger partial charge is 0.508 e. The molecular formula is C30H21NOS2. The SMILES string of the molecule is Oc1ccccc1C(c1ccccc1)c1nc(-c2cccs2)c(-c2cccs2)c2ccccc12. The standard InChI is InChI=1S/C30H21NOS2/c32-24-15-7-6-14-23(24)27(20-10-2-1-3-11-20)29-22-13-5-4-12-21(22)28(25-16-8-18-33-25)30(31-29)26-17-9-19-34-26/h1-19,27,32H. The van der Waals surface area contributed by atoms with Gasteiger partial charge in [-0.2, -0.15) is 0 Å². The molecule has 0 saturated carbocycles. The zero-order valence-corrected chi connectivity index (χ0v) is 19.9. The van der Waals surface area contributed by atoms with Gasteiger partial charge in [-0.1, -0.05) is 84.9 Å². The van der Waals surface area contributed by atoms with E-state index >= 15 is 0 Å². The number of hydrogen-bond acceptors (Lipinski definition) is 4. The summed E-state index contributed by atoms with van der Waals surface area (Å²) in [5.41, 5.74) is 5.06. The van der Waals surface area contributed by atoms with Crippen LogP contribution in [0.3, 0.4) is 0 Å². The zero-order valence-electron chi connectivity index (χ0n) is 18.3. The highest BCUT2D eigenvalue weighted by molar-refractivity contribution is 7.14. The molecule has 6 aromatic rings. The first kappa shape index (κ1) is 20.8. The van der Waals surface area contributed by atoms with Crippen LogP contribution >= 0.6 is 22.7 Å². The molecule has 0 aliphatic heterocycles. The van der Waals surface area contributed by atoms with Gasteiger partial charge >= 0.3 is 0 Å². The van der Waals surface area contributed by atoms with Crippen LogP contribution in [0.2, 0.25) is 0 Å². The van der Waals surface area contributed by atoms with E-state index in [4.69, 9.17) is 4.98 Å². The van der Waals surface area contributed by atoms with Crippen LogP contribution in [0.4, 0.5) is 0 Å². The molecule has 3 heterocycles. The van der Waals surface area contributed by atoms with Gasteiger partial charge in [-0.25, -0.2) is 4.98 Å². The summed E-state index contributed by atoms with van der Waals surface area (Å²) < 4.78 is 0. The first-order valence-corrected chi connectivity index (χ1v) is 12.9. The second-order valence-electron chi connectivity index (χ2n) is 8.12. The summed E-state index contributed by atoms with van der Waals surface area (Å²) in [6, 6.07) is 34.9. The normalized spacial score (nSPS) is 12.1. The molecule has 0 spiro atoms. The number of thiophene rings is 2. The van der Waals surface area contributed by atoms with Crippen molar-refractivity contribution in [1.29, 1.82) is 0 Å². The van der Waals surface area contributed by atoms with Crippen LogP contribution in [0, 0.1) is 0 Å². The smallest absolute Gasteiger partial charge is 0.119 e. The number of rotatable bonds is 5. The van der Waals surface area contributed by atoms with Crippen LogP contribution in [0.15, 0.2) is 114 Å². The van der Waals surface area contributed by atoms with E-state index in [1.165, 1.54) is 15.8 Å². The van der Waals surface area contributed by atoms with Gasteiger partial charge in [-0.3, -0.25) is 0 Å². The second-order valence-corrected chi connectivity index (χ2v) is 10.0. The lowest BCUT2D eigenvalue weighted by Gasteiger charge is -2.23. The summed E-state index contributed by atoms with van der Waals surface area (Å²) in [7, 11) is 0. The van der Waals surface area contributed by atoms with Gasteiger partial charge in [0.15, 0.2) is 0 Å². The number of phenolic OH excluding ortho intramolecular Hbond substituents is 1. The minimum atomic E-state index is -0.205. The maximum atomic E-state index is 10.9. The Balaban J connectivity index is 1.74. The van der Waals surface area contributed by atoms with Crippen molar-refractivity contribution in [3.05, 3.63) is 131 Å². The Hall–Kier alpha value is -3.73. The summed E-state index contributed by atoms with van der Waals surface area (Å²) in [5, 5.41) is 17.4. The van der Waals surface area contributed by atoms with E-state index < -0.39 is 0 Å². The molecule has 2 nitrogen and oxygen atoms in total. The van der Waals surface area contributed by atoms with Crippen molar-refractivity contribution in [2.75, 3.05) is 0 Å². The van der Waals surface area contributed by atoms with Crippen LogP contribution in [-0.2, 0) is 0 Å². The molecule has 0 bridgehead atoms. The van der Waals surface area contributed by atoms with Crippen LogP contribution in [0.1, 0.15) is 22.7 Å². The van der Waals surface area contributed by atoms with Crippen molar-refractivity contribution >= 4 is 33.4 Å². The third kappa shape index (κ3) is 3.61. The quantitative estimate of drug-likeness (QED) is 0.271. The van der Waals surface area contributed by atoms with Crippen LogP contribution < -0.4 is 0 Å². The lowest BCUT2D eigenvalue weighted by molar-refractivity contribution is 0.467. The summed E-state index contributed by atoms with van der Waals surface area (Å²) in [4.78, 5) is 7.74. The molecule has 0 saturated heterocycles. The third-order valence-electron chi connectivity index (χ3n) is 6.12. The molecule has 1 N–H and O–H groups in total. The van der Waals surface area contributed by atoms with E-state index in [1.54, 1.807) is 28.7 Å². The fraction of sp³-hybridized carbons (Fsp3) is 0.0333. The molecule has 0 radical (unpaired) electrons. The number of aromatic nitrogens is 1. The van der Waals surface area contributed by atoms with E-state index in [0.717, 1.165) is 32.8 Å². The molecule has 34 heavy (non-hydrogen) atoms. The van der Waals surface area contributed by atoms with E-state index in [9.17, 15) is 5.11 Å². The Bertz CT molecular complexity index is 1560. The number of hydrogen-bond donors (Lipinski definition) is 1. The molecule has 1 atom stereocenters. The van der Waals surface area contributed by atoms with Gasteiger partial charge < -0.3 is 5.11 Å². The van der Waals surface area contributed by atoms with Gasteiger partial charge in [0, 0.05) is 21.4 Å². The van der Waals surface area contributed by atoms with Crippen LogP contribution in [0.25, 0.3) is 31.8 Å². The van der Waals surface area contributed by atoms with Gasteiger partial charge in [-0.05, 0) is 39.9 Å². The molecule has 3 aromatic carbocycles.